The highest BCUT2D eigenvalue weighted by molar-refractivity contribution is 5.69. The molecule has 1 N–H and O–H groups in total. The SMILES string of the molecule is C=C1CCC[C@H]2[C@](C)(Cc3cc(OC(C)=O)ccc3O)[C@@H](C)CC[C@]12C. The molecule has 0 radical (unpaired) electrons. The number of aromatic hydroxyl groups is 1. The second kappa shape index (κ2) is 6.75. The van der Waals surface area contributed by atoms with Gasteiger partial charge >= 0.3 is 5.97 Å². The van der Waals surface area contributed by atoms with Crippen molar-refractivity contribution >= 4 is 5.97 Å². The molecule has 0 unspecified atom stereocenters. The minimum absolute atomic E-state index is 0.0860. The van der Waals surface area contributed by atoms with Crippen LogP contribution in [0.3, 0.4) is 0 Å². The molecule has 3 rings (SSSR count). The van der Waals surface area contributed by atoms with Gasteiger partial charge in [-0.2, -0.15) is 0 Å². The minimum Gasteiger partial charge on any atom is -0.508 e. The molecule has 2 aliphatic rings. The van der Waals surface area contributed by atoms with Crippen molar-refractivity contribution in [2.45, 2.75) is 66.2 Å². The Labute approximate surface area is 157 Å². The number of fused-ring (bicyclic) bond motifs is 1. The van der Waals surface area contributed by atoms with Crippen LogP contribution in [0.15, 0.2) is 30.4 Å². The standard InChI is InChI=1S/C23H32O3/c1-15-7-6-8-21-22(15,4)12-11-16(2)23(21,5)14-18-13-19(26-17(3)24)9-10-20(18)25/h9-10,13,16,21,25H,1,6-8,11-12,14H2,2-5H3/t16-,21+,22+,23+/m0/s1. The van der Waals surface area contributed by atoms with Crippen LogP contribution < -0.4 is 4.74 Å². The molecule has 3 nitrogen and oxygen atoms in total. The van der Waals surface area contributed by atoms with Crippen LogP contribution in [0.5, 0.6) is 11.5 Å². The highest BCUT2D eigenvalue weighted by Gasteiger charge is 2.53. The van der Waals surface area contributed by atoms with Crippen LogP contribution in [0, 0.1) is 22.7 Å². The van der Waals surface area contributed by atoms with Gasteiger partial charge in [0, 0.05) is 6.92 Å². The van der Waals surface area contributed by atoms with E-state index in [1.807, 2.05) is 6.07 Å². The molecule has 0 aliphatic heterocycles. The van der Waals surface area contributed by atoms with Gasteiger partial charge in [-0.3, -0.25) is 4.79 Å². The first-order valence-electron chi connectivity index (χ1n) is 9.85. The maximum absolute atomic E-state index is 11.3. The van der Waals surface area contributed by atoms with Gasteiger partial charge in [0.25, 0.3) is 0 Å². The molecule has 0 heterocycles. The molecule has 2 aliphatic carbocycles. The quantitative estimate of drug-likeness (QED) is 0.432. The highest BCUT2D eigenvalue weighted by atomic mass is 16.5. The zero-order valence-electron chi connectivity index (χ0n) is 16.6. The molecule has 4 atom stereocenters. The van der Waals surface area contributed by atoms with E-state index in [-0.39, 0.29) is 22.5 Å². The molecule has 0 saturated heterocycles. The summed E-state index contributed by atoms with van der Waals surface area (Å²) in [5, 5.41) is 10.5. The Kier molecular flexibility index (Phi) is 4.94. The predicted octanol–water partition coefficient (Wildman–Crippen LogP) is 5.66. The third-order valence-corrected chi connectivity index (χ3v) is 7.45. The number of allylic oxidation sites excluding steroid dienone is 1. The van der Waals surface area contributed by atoms with Gasteiger partial charge in [0.15, 0.2) is 0 Å². The highest BCUT2D eigenvalue weighted by Crippen LogP contribution is 2.62. The lowest BCUT2D eigenvalue weighted by atomic mass is 9.46. The van der Waals surface area contributed by atoms with Crippen LogP contribution in [0.4, 0.5) is 0 Å². The maximum atomic E-state index is 11.3. The normalized spacial score (nSPS) is 34.2. The number of ether oxygens (including phenoxy) is 1. The van der Waals surface area contributed by atoms with Crippen molar-refractivity contribution in [2.75, 3.05) is 0 Å². The summed E-state index contributed by atoms with van der Waals surface area (Å²) in [6.45, 7) is 13.0. The number of carbonyl (C=O) groups is 1. The van der Waals surface area contributed by atoms with Crippen LogP contribution in [0.2, 0.25) is 0 Å². The zero-order chi connectivity index (χ0) is 19.1. The smallest absolute Gasteiger partial charge is 0.308 e. The van der Waals surface area contributed by atoms with E-state index in [0.29, 0.717) is 17.6 Å². The summed E-state index contributed by atoms with van der Waals surface area (Å²) in [6.07, 6.45) is 6.77. The van der Waals surface area contributed by atoms with Crippen molar-refractivity contribution in [1.82, 2.24) is 0 Å². The molecule has 2 saturated carbocycles. The first kappa shape index (κ1) is 19.0. The van der Waals surface area contributed by atoms with Gasteiger partial charge in [-0.1, -0.05) is 32.9 Å². The number of phenols is 1. The number of esters is 1. The van der Waals surface area contributed by atoms with Crippen molar-refractivity contribution < 1.29 is 14.6 Å². The van der Waals surface area contributed by atoms with Gasteiger partial charge < -0.3 is 9.84 Å². The van der Waals surface area contributed by atoms with E-state index in [2.05, 4.69) is 27.4 Å². The zero-order valence-corrected chi connectivity index (χ0v) is 16.6. The van der Waals surface area contributed by atoms with E-state index in [0.717, 1.165) is 18.4 Å². The molecule has 1 aromatic rings. The lowest BCUT2D eigenvalue weighted by Crippen LogP contribution is -2.51. The Balaban J connectivity index is 1.96. The molecule has 142 valence electrons. The average Bonchev–Trinajstić information content (AvgIpc) is 2.56. The Morgan fingerprint density at radius 1 is 1.35 bits per heavy atom. The maximum Gasteiger partial charge on any atom is 0.308 e. The second-order valence-electron chi connectivity index (χ2n) is 8.97. The number of carbonyl (C=O) groups excluding carboxylic acids is 1. The summed E-state index contributed by atoms with van der Waals surface area (Å²) in [5.74, 6) is 1.60. The fraction of sp³-hybridized carbons (Fsp3) is 0.609. The summed E-state index contributed by atoms with van der Waals surface area (Å²) in [7, 11) is 0. The molecule has 0 bridgehead atoms. The summed E-state index contributed by atoms with van der Waals surface area (Å²) in [6, 6.07) is 5.13. The Morgan fingerprint density at radius 2 is 2.08 bits per heavy atom. The van der Waals surface area contributed by atoms with E-state index in [9.17, 15) is 9.90 Å². The fourth-order valence-electron chi connectivity index (χ4n) is 5.61. The van der Waals surface area contributed by atoms with Crippen molar-refractivity contribution in [2.24, 2.45) is 22.7 Å². The summed E-state index contributed by atoms with van der Waals surface area (Å²) >= 11 is 0. The first-order chi connectivity index (χ1) is 12.2. The Hall–Kier alpha value is -1.77. The molecule has 3 heteroatoms. The summed E-state index contributed by atoms with van der Waals surface area (Å²) in [4.78, 5) is 11.3. The van der Waals surface area contributed by atoms with Crippen molar-refractivity contribution in [3.05, 3.63) is 35.9 Å². The molecule has 0 aromatic heterocycles. The molecule has 1 aromatic carbocycles. The molecule has 26 heavy (non-hydrogen) atoms. The number of hydrogen-bond donors (Lipinski definition) is 1. The van der Waals surface area contributed by atoms with Crippen LogP contribution in [-0.4, -0.2) is 11.1 Å². The van der Waals surface area contributed by atoms with Gasteiger partial charge in [-0.25, -0.2) is 0 Å². The van der Waals surface area contributed by atoms with Crippen LogP contribution in [-0.2, 0) is 11.2 Å². The Morgan fingerprint density at radius 3 is 2.77 bits per heavy atom. The van der Waals surface area contributed by atoms with Crippen molar-refractivity contribution in [3.63, 3.8) is 0 Å². The molecule has 2 fully saturated rings. The van der Waals surface area contributed by atoms with Gasteiger partial charge in [0.05, 0.1) is 0 Å². The number of rotatable bonds is 3. The van der Waals surface area contributed by atoms with Gasteiger partial charge in [-0.15, -0.1) is 0 Å². The molecule has 0 amide bonds. The number of benzene rings is 1. The van der Waals surface area contributed by atoms with Crippen molar-refractivity contribution in [3.8, 4) is 11.5 Å². The largest absolute Gasteiger partial charge is 0.508 e. The lowest BCUT2D eigenvalue weighted by molar-refractivity contribution is -0.131. The van der Waals surface area contributed by atoms with Crippen LogP contribution in [0.25, 0.3) is 0 Å². The molecular weight excluding hydrogens is 324 g/mol. The van der Waals surface area contributed by atoms with E-state index < -0.39 is 0 Å². The lowest BCUT2D eigenvalue weighted by Gasteiger charge is -2.58. The Bertz CT molecular complexity index is 722. The average molecular weight is 357 g/mol. The number of hydrogen-bond acceptors (Lipinski definition) is 3. The molecular formula is C23H32O3. The van der Waals surface area contributed by atoms with Crippen LogP contribution in [0.1, 0.15) is 65.4 Å². The third-order valence-electron chi connectivity index (χ3n) is 7.45. The van der Waals surface area contributed by atoms with Gasteiger partial charge in [0.2, 0.25) is 0 Å². The monoisotopic (exact) mass is 356 g/mol. The third kappa shape index (κ3) is 3.17. The topological polar surface area (TPSA) is 46.5 Å². The summed E-state index contributed by atoms with van der Waals surface area (Å²) in [5.41, 5.74) is 2.56. The second-order valence-corrected chi connectivity index (χ2v) is 8.97. The fourth-order valence-corrected chi connectivity index (χ4v) is 5.61. The van der Waals surface area contributed by atoms with Crippen LogP contribution >= 0.6 is 0 Å². The van der Waals surface area contributed by atoms with Gasteiger partial charge in [0.1, 0.15) is 11.5 Å². The van der Waals surface area contributed by atoms with Crippen molar-refractivity contribution in [1.29, 1.82) is 0 Å². The van der Waals surface area contributed by atoms with E-state index in [4.69, 9.17) is 4.74 Å². The molecule has 0 spiro atoms. The predicted molar refractivity (Wildman–Crippen MR) is 104 cm³/mol. The summed E-state index contributed by atoms with van der Waals surface area (Å²) < 4.78 is 5.24. The van der Waals surface area contributed by atoms with Gasteiger partial charge in [-0.05, 0) is 85.0 Å². The minimum atomic E-state index is -0.338. The van der Waals surface area contributed by atoms with E-state index in [1.165, 1.54) is 38.2 Å². The van der Waals surface area contributed by atoms with E-state index >= 15 is 0 Å². The number of phenolic OH excluding ortho intramolecular Hbond substituents is 1. The van der Waals surface area contributed by atoms with E-state index in [1.54, 1.807) is 12.1 Å². The first-order valence-corrected chi connectivity index (χ1v) is 9.85.